The highest BCUT2D eigenvalue weighted by Gasteiger charge is 2.03. The number of rotatable bonds is 10. The molecule has 5 heteroatoms. The van der Waals surface area contributed by atoms with E-state index < -0.39 is 0 Å². The van der Waals surface area contributed by atoms with Crippen LogP contribution in [0, 0.1) is 5.21 Å². The van der Waals surface area contributed by atoms with Crippen LogP contribution >= 0.6 is 0 Å². The summed E-state index contributed by atoms with van der Waals surface area (Å²) in [6.07, 6.45) is 11.8. The Morgan fingerprint density at radius 2 is 1.79 bits per heavy atom. The zero-order valence-corrected chi connectivity index (χ0v) is 11.9. The van der Waals surface area contributed by atoms with Gasteiger partial charge in [-0.2, -0.15) is 0 Å². The first-order valence-electron chi connectivity index (χ1n) is 7.33. The van der Waals surface area contributed by atoms with Crippen LogP contribution in [0.2, 0.25) is 0 Å². The fourth-order valence-corrected chi connectivity index (χ4v) is 2.03. The molecule has 1 heterocycles. The van der Waals surface area contributed by atoms with Crippen molar-refractivity contribution in [3.63, 3.8) is 0 Å². The normalized spacial score (nSPS) is 10.6. The third-order valence-electron chi connectivity index (χ3n) is 3.20. The maximum Gasteiger partial charge on any atom is 0.343 e. The van der Waals surface area contributed by atoms with E-state index in [4.69, 9.17) is 5.73 Å². The van der Waals surface area contributed by atoms with Crippen molar-refractivity contribution in [2.75, 3.05) is 17.6 Å². The lowest BCUT2D eigenvalue weighted by Crippen LogP contribution is -2.35. The van der Waals surface area contributed by atoms with E-state index in [1.54, 1.807) is 12.3 Å². The monoisotopic (exact) mass is 266 g/mol. The molecule has 1 rings (SSSR count). The van der Waals surface area contributed by atoms with Gasteiger partial charge >= 0.3 is 5.95 Å². The molecule has 3 N–H and O–H groups in total. The predicted octanol–water partition coefficient (Wildman–Crippen LogP) is 2.85. The molecule has 0 atom stereocenters. The Balaban J connectivity index is 2.03. The Morgan fingerprint density at radius 3 is 2.47 bits per heavy atom. The highest BCUT2D eigenvalue weighted by molar-refractivity contribution is 5.29. The summed E-state index contributed by atoms with van der Waals surface area (Å²) >= 11 is 0. The van der Waals surface area contributed by atoms with Crippen LogP contribution in [-0.4, -0.2) is 11.5 Å². The summed E-state index contributed by atoms with van der Waals surface area (Å²) in [5.41, 5.74) is 5.43. The van der Waals surface area contributed by atoms with Crippen LogP contribution in [0.1, 0.15) is 58.3 Å². The van der Waals surface area contributed by atoms with Gasteiger partial charge in [-0.05, 0) is 6.42 Å². The van der Waals surface area contributed by atoms with E-state index in [2.05, 4.69) is 17.2 Å². The van der Waals surface area contributed by atoms with E-state index >= 15 is 0 Å². The van der Waals surface area contributed by atoms with Crippen molar-refractivity contribution in [2.45, 2.75) is 58.3 Å². The predicted molar refractivity (Wildman–Crippen MR) is 78.7 cm³/mol. The molecule has 0 spiro atoms. The Labute approximate surface area is 115 Å². The Bertz CT molecular complexity index is 357. The van der Waals surface area contributed by atoms with Crippen LogP contribution in [0.5, 0.6) is 0 Å². The highest BCUT2D eigenvalue weighted by atomic mass is 16.5. The van der Waals surface area contributed by atoms with E-state index in [0.717, 1.165) is 13.0 Å². The number of nitrogens with zero attached hydrogens (tertiary/aromatic N) is 2. The number of aromatic nitrogens is 2. The molecule has 0 amide bonds. The number of anilines is 2. The largest absolute Gasteiger partial charge is 0.754 e. The van der Waals surface area contributed by atoms with E-state index in [1.807, 2.05) is 0 Å². The van der Waals surface area contributed by atoms with E-state index in [-0.39, 0.29) is 5.95 Å². The van der Waals surface area contributed by atoms with Gasteiger partial charge in [0.05, 0.1) is 6.20 Å². The van der Waals surface area contributed by atoms with E-state index in [9.17, 15) is 5.21 Å². The minimum Gasteiger partial charge on any atom is -0.754 e. The summed E-state index contributed by atoms with van der Waals surface area (Å²) in [6.45, 7) is 3.04. The molecule has 5 nitrogen and oxygen atoms in total. The van der Waals surface area contributed by atoms with Crippen molar-refractivity contribution in [2.24, 2.45) is 0 Å². The third-order valence-corrected chi connectivity index (χ3v) is 3.20. The van der Waals surface area contributed by atoms with Crippen molar-refractivity contribution >= 4 is 11.8 Å². The van der Waals surface area contributed by atoms with Gasteiger partial charge in [-0.1, -0.05) is 51.9 Å². The average molecular weight is 266 g/mol. The van der Waals surface area contributed by atoms with Crippen molar-refractivity contribution in [3.8, 4) is 0 Å². The Kier molecular flexibility index (Phi) is 7.70. The van der Waals surface area contributed by atoms with Gasteiger partial charge in [0.15, 0.2) is 5.82 Å². The highest BCUT2D eigenvalue weighted by Crippen LogP contribution is 2.08. The lowest BCUT2D eigenvalue weighted by molar-refractivity contribution is -0.577. The summed E-state index contributed by atoms with van der Waals surface area (Å²) in [5.74, 6) is 0.469. The van der Waals surface area contributed by atoms with Gasteiger partial charge in [0, 0.05) is 12.6 Å². The van der Waals surface area contributed by atoms with Crippen LogP contribution in [0.4, 0.5) is 11.8 Å². The first-order valence-corrected chi connectivity index (χ1v) is 7.33. The van der Waals surface area contributed by atoms with E-state index in [1.165, 1.54) is 44.9 Å². The molecule has 0 fully saturated rings. The van der Waals surface area contributed by atoms with Crippen LogP contribution in [-0.2, 0) is 0 Å². The summed E-state index contributed by atoms with van der Waals surface area (Å²) in [6, 6.07) is 1.65. The molecule has 0 bridgehead atoms. The SMILES string of the molecule is CCCCCCCCCCNc1ccnc(N)[n+]1[O-]. The molecule has 108 valence electrons. The molecular formula is C14H26N4O. The average Bonchev–Trinajstić information content (AvgIpc) is 2.41. The topological polar surface area (TPSA) is 77.9 Å². The van der Waals surface area contributed by atoms with Gasteiger partial charge in [-0.15, -0.1) is 4.98 Å². The lowest BCUT2D eigenvalue weighted by Gasteiger charge is -2.12. The molecule has 0 radical (unpaired) electrons. The van der Waals surface area contributed by atoms with Gasteiger partial charge in [0.25, 0.3) is 0 Å². The minimum absolute atomic E-state index is 0.0130. The molecule has 0 unspecified atom stereocenters. The summed E-state index contributed by atoms with van der Waals surface area (Å²) < 4.78 is 0.630. The second-order valence-corrected chi connectivity index (χ2v) is 4.88. The van der Waals surface area contributed by atoms with Gasteiger partial charge in [-0.3, -0.25) is 0 Å². The summed E-state index contributed by atoms with van der Waals surface area (Å²) in [7, 11) is 0. The number of nitrogens with one attached hydrogen (secondary N) is 1. The van der Waals surface area contributed by atoms with Gasteiger partial charge < -0.3 is 16.3 Å². The minimum atomic E-state index is -0.0130. The second-order valence-electron chi connectivity index (χ2n) is 4.88. The van der Waals surface area contributed by atoms with Crippen LogP contribution in [0.15, 0.2) is 12.3 Å². The van der Waals surface area contributed by atoms with Gasteiger partial charge in [0.1, 0.15) is 0 Å². The molecule has 1 aromatic heterocycles. The molecular weight excluding hydrogens is 240 g/mol. The first-order chi connectivity index (χ1) is 9.25. The number of hydrogen-bond acceptors (Lipinski definition) is 4. The zero-order valence-electron chi connectivity index (χ0n) is 11.9. The molecule has 0 saturated carbocycles. The third kappa shape index (κ3) is 6.27. The fraction of sp³-hybridized carbons (Fsp3) is 0.714. The van der Waals surface area contributed by atoms with Crippen LogP contribution < -0.4 is 15.8 Å². The number of nitrogen functional groups attached to an aromatic ring is 1. The number of hydrogen-bond donors (Lipinski definition) is 2. The molecule has 0 aliphatic heterocycles. The maximum absolute atomic E-state index is 11.5. The zero-order chi connectivity index (χ0) is 13.9. The number of unbranched alkanes of at least 4 members (excludes halogenated alkanes) is 7. The maximum atomic E-state index is 11.5. The van der Waals surface area contributed by atoms with Crippen LogP contribution in [0.3, 0.4) is 0 Å². The molecule has 19 heavy (non-hydrogen) atoms. The van der Waals surface area contributed by atoms with Crippen molar-refractivity contribution in [1.82, 2.24) is 4.98 Å². The standard InChI is InChI=1S/C14H26N4O/c1-2-3-4-5-6-7-8-9-11-16-13-10-12-17-14(15)18(13)19/h10,12,16H,2-9,11H2,1H3,(H2,15,17). The molecule has 0 saturated heterocycles. The van der Waals surface area contributed by atoms with Crippen molar-refractivity contribution in [1.29, 1.82) is 0 Å². The number of nitrogens with two attached hydrogens (primary N) is 1. The van der Waals surface area contributed by atoms with Crippen LogP contribution in [0.25, 0.3) is 0 Å². The molecule has 0 aliphatic rings. The van der Waals surface area contributed by atoms with Crippen molar-refractivity contribution in [3.05, 3.63) is 17.5 Å². The Morgan fingerprint density at radius 1 is 1.16 bits per heavy atom. The first kappa shape index (κ1) is 15.5. The van der Waals surface area contributed by atoms with Gasteiger partial charge in [0.2, 0.25) is 0 Å². The van der Waals surface area contributed by atoms with Gasteiger partial charge in [-0.25, -0.2) is 4.73 Å². The second kappa shape index (κ2) is 9.42. The summed E-state index contributed by atoms with van der Waals surface area (Å²) in [4.78, 5) is 3.72. The van der Waals surface area contributed by atoms with Crippen molar-refractivity contribution < 1.29 is 4.73 Å². The summed E-state index contributed by atoms with van der Waals surface area (Å²) in [5, 5.41) is 14.6. The lowest BCUT2D eigenvalue weighted by atomic mass is 10.1. The molecule has 0 aromatic carbocycles. The fourth-order valence-electron chi connectivity index (χ4n) is 2.03. The van der Waals surface area contributed by atoms with E-state index in [0.29, 0.717) is 10.5 Å². The smallest absolute Gasteiger partial charge is 0.343 e. The molecule has 0 aliphatic carbocycles. The Hall–Kier alpha value is -1.52. The quantitative estimate of drug-likeness (QED) is 0.388. The molecule has 1 aromatic rings.